The SMILES string of the molecule is c1ccn2ncc(Cc3cnn4ccccc34)c2c1. The molecule has 0 amide bonds. The maximum atomic E-state index is 4.37. The third-order valence-electron chi connectivity index (χ3n) is 3.39. The standard InChI is InChI=1S/C15H12N4/c1-3-7-18-14(5-1)12(10-16-18)9-13-11-17-19-8-4-2-6-15(13)19/h1-8,10-11H,9H2. The van der Waals surface area contributed by atoms with Gasteiger partial charge in [-0.2, -0.15) is 10.2 Å². The molecule has 0 unspecified atom stereocenters. The molecule has 4 aromatic rings. The molecule has 0 atom stereocenters. The molecule has 4 aromatic heterocycles. The molecule has 0 fully saturated rings. The minimum atomic E-state index is 0.848. The summed E-state index contributed by atoms with van der Waals surface area (Å²) in [5, 5.41) is 8.74. The van der Waals surface area contributed by atoms with Crippen molar-refractivity contribution >= 4 is 11.0 Å². The van der Waals surface area contributed by atoms with Crippen LogP contribution in [0.1, 0.15) is 11.1 Å². The van der Waals surface area contributed by atoms with E-state index in [0.29, 0.717) is 0 Å². The quantitative estimate of drug-likeness (QED) is 0.546. The fourth-order valence-corrected chi connectivity index (χ4v) is 2.45. The summed E-state index contributed by atoms with van der Waals surface area (Å²) in [6, 6.07) is 12.2. The molecule has 0 radical (unpaired) electrons. The van der Waals surface area contributed by atoms with Crippen LogP contribution < -0.4 is 0 Å². The normalized spacial score (nSPS) is 11.4. The zero-order valence-electron chi connectivity index (χ0n) is 10.3. The van der Waals surface area contributed by atoms with Crippen molar-refractivity contribution in [3.05, 3.63) is 72.3 Å². The minimum absolute atomic E-state index is 0.848. The Morgan fingerprint density at radius 3 is 1.79 bits per heavy atom. The smallest absolute Gasteiger partial charge is 0.0696 e. The van der Waals surface area contributed by atoms with Crippen LogP contribution >= 0.6 is 0 Å². The van der Waals surface area contributed by atoms with Crippen LogP contribution in [0.2, 0.25) is 0 Å². The molecule has 0 aliphatic carbocycles. The van der Waals surface area contributed by atoms with Gasteiger partial charge in [0.05, 0.1) is 23.4 Å². The molecule has 0 saturated heterocycles. The Balaban J connectivity index is 1.82. The molecule has 4 heterocycles. The number of nitrogens with zero attached hydrogens (tertiary/aromatic N) is 4. The molecular formula is C15H12N4. The van der Waals surface area contributed by atoms with Crippen LogP contribution in [0.5, 0.6) is 0 Å². The number of hydrogen-bond donors (Lipinski definition) is 0. The molecule has 4 rings (SSSR count). The summed E-state index contributed by atoms with van der Waals surface area (Å²) in [5.41, 5.74) is 4.74. The van der Waals surface area contributed by atoms with E-state index in [9.17, 15) is 0 Å². The maximum absolute atomic E-state index is 4.37. The van der Waals surface area contributed by atoms with Gasteiger partial charge in [-0.3, -0.25) is 0 Å². The number of pyridine rings is 2. The summed E-state index contributed by atoms with van der Waals surface area (Å²) >= 11 is 0. The van der Waals surface area contributed by atoms with Crippen LogP contribution in [0.25, 0.3) is 11.0 Å². The second-order valence-corrected chi connectivity index (χ2v) is 4.58. The van der Waals surface area contributed by atoms with Crippen LogP contribution in [-0.4, -0.2) is 19.2 Å². The first-order valence-electron chi connectivity index (χ1n) is 6.24. The van der Waals surface area contributed by atoms with Crippen LogP contribution in [0.4, 0.5) is 0 Å². The van der Waals surface area contributed by atoms with Crippen molar-refractivity contribution < 1.29 is 0 Å². The average molecular weight is 248 g/mol. The molecule has 0 aliphatic heterocycles. The molecule has 0 spiro atoms. The number of hydrogen-bond acceptors (Lipinski definition) is 2. The Bertz CT molecular complexity index is 784. The molecule has 19 heavy (non-hydrogen) atoms. The largest absolute Gasteiger partial charge is 0.241 e. The lowest BCUT2D eigenvalue weighted by Gasteiger charge is -1.98. The highest BCUT2D eigenvalue weighted by atomic mass is 15.2. The zero-order valence-corrected chi connectivity index (χ0v) is 10.3. The van der Waals surface area contributed by atoms with E-state index in [1.54, 1.807) is 0 Å². The van der Waals surface area contributed by atoms with Crippen LogP contribution in [-0.2, 0) is 6.42 Å². The lowest BCUT2D eigenvalue weighted by atomic mass is 10.1. The molecule has 0 aromatic carbocycles. The van der Waals surface area contributed by atoms with Gasteiger partial charge in [0, 0.05) is 29.9 Å². The zero-order chi connectivity index (χ0) is 12.7. The Morgan fingerprint density at radius 1 is 0.737 bits per heavy atom. The minimum Gasteiger partial charge on any atom is -0.241 e. The van der Waals surface area contributed by atoms with Crippen molar-refractivity contribution in [1.29, 1.82) is 0 Å². The molecule has 4 heteroatoms. The lowest BCUT2D eigenvalue weighted by molar-refractivity contribution is 0.961. The second-order valence-electron chi connectivity index (χ2n) is 4.58. The van der Waals surface area contributed by atoms with Gasteiger partial charge in [0.15, 0.2) is 0 Å². The Kier molecular flexibility index (Phi) is 2.14. The summed E-state index contributed by atoms with van der Waals surface area (Å²) < 4.78 is 3.81. The highest BCUT2D eigenvalue weighted by Crippen LogP contribution is 2.18. The number of rotatable bonds is 2. The second kappa shape index (κ2) is 3.95. The highest BCUT2D eigenvalue weighted by Gasteiger charge is 2.08. The first kappa shape index (κ1) is 10.3. The topological polar surface area (TPSA) is 34.6 Å². The van der Waals surface area contributed by atoms with Crippen molar-refractivity contribution in [2.75, 3.05) is 0 Å². The molecular weight excluding hydrogens is 236 g/mol. The fourth-order valence-electron chi connectivity index (χ4n) is 2.45. The van der Waals surface area contributed by atoms with Crippen molar-refractivity contribution in [2.24, 2.45) is 0 Å². The summed E-state index contributed by atoms with van der Waals surface area (Å²) in [6.45, 7) is 0. The predicted octanol–water partition coefficient (Wildman–Crippen LogP) is 2.57. The number of fused-ring (bicyclic) bond motifs is 2. The first-order valence-corrected chi connectivity index (χ1v) is 6.24. The lowest BCUT2D eigenvalue weighted by Crippen LogP contribution is -1.89. The Morgan fingerprint density at radius 2 is 1.26 bits per heavy atom. The van der Waals surface area contributed by atoms with E-state index in [-0.39, 0.29) is 0 Å². The molecule has 92 valence electrons. The van der Waals surface area contributed by atoms with Crippen LogP contribution in [0.15, 0.2) is 61.2 Å². The Labute approximate surface area is 109 Å². The highest BCUT2D eigenvalue weighted by molar-refractivity contribution is 5.60. The van der Waals surface area contributed by atoms with E-state index in [0.717, 1.165) is 17.5 Å². The van der Waals surface area contributed by atoms with Gasteiger partial charge >= 0.3 is 0 Å². The summed E-state index contributed by atoms with van der Waals surface area (Å²) in [4.78, 5) is 0. The van der Waals surface area contributed by atoms with Crippen LogP contribution in [0.3, 0.4) is 0 Å². The van der Waals surface area contributed by atoms with Gasteiger partial charge in [0.1, 0.15) is 0 Å². The Hall–Kier alpha value is -2.62. The van der Waals surface area contributed by atoms with E-state index in [1.165, 1.54) is 11.1 Å². The van der Waals surface area contributed by atoms with E-state index < -0.39 is 0 Å². The van der Waals surface area contributed by atoms with Gasteiger partial charge in [-0.1, -0.05) is 12.1 Å². The van der Waals surface area contributed by atoms with Gasteiger partial charge in [-0.05, 0) is 24.3 Å². The maximum Gasteiger partial charge on any atom is 0.0696 e. The van der Waals surface area contributed by atoms with Crippen molar-refractivity contribution in [2.45, 2.75) is 6.42 Å². The van der Waals surface area contributed by atoms with E-state index in [1.807, 2.05) is 58.1 Å². The van der Waals surface area contributed by atoms with Gasteiger partial charge < -0.3 is 0 Å². The van der Waals surface area contributed by atoms with E-state index >= 15 is 0 Å². The predicted molar refractivity (Wildman–Crippen MR) is 73.2 cm³/mol. The van der Waals surface area contributed by atoms with Crippen molar-refractivity contribution in [3.8, 4) is 0 Å². The van der Waals surface area contributed by atoms with Crippen molar-refractivity contribution in [3.63, 3.8) is 0 Å². The molecule has 0 saturated carbocycles. The summed E-state index contributed by atoms with van der Waals surface area (Å²) in [5.74, 6) is 0. The first-order chi connectivity index (χ1) is 9.42. The molecule has 4 nitrogen and oxygen atoms in total. The van der Waals surface area contributed by atoms with Crippen LogP contribution in [0, 0.1) is 0 Å². The van der Waals surface area contributed by atoms with Gasteiger partial charge in [0.25, 0.3) is 0 Å². The summed E-state index contributed by atoms with van der Waals surface area (Å²) in [6.07, 6.45) is 8.65. The monoisotopic (exact) mass is 248 g/mol. The van der Waals surface area contributed by atoms with Gasteiger partial charge in [-0.15, -0.1) is 0 Å². The number of aromatic nitrogens is 4. The van der Waals surface area contributed by atoms with Gasteiger partial charge in [0.2, 0.25) is 0 Å². The molecule has 0 N–H and O–H groups in total. The molecule has 0 bridgehead atoms. The van der Waals surface area contributed by atoms with E-state index in [2.05, 4.69) is 22.3 Å². The van der Waals surface area contributed by atoms with Crippen molar-refractivity contribution in [1.82, 2.24) is 19.2 Å². The average Bonchev–Trinajstić information content (AvgIpc) is 3.05. The third-order valence-corrected chi connectivity index (χ3v) is 3.39. The molecule has 0 aliphatic rings. The summed E-state index contributed by atoms with van der Waals surface area (Å²) in [7, 11) is 0. The third kappa shape index (κ3) is 1.61. The van der Waals surface area contributed by atoms with Gasteiger partial charge in [-0.25, -0.2) is 9.03 Å². The fraction of sp³-hybridized carbons (Fsp3) is 0.0667. The van der Waals surface area contributed by atoms with E-state index in [4.69, 9.17) is 0 Å².